The average Bonchev–Trinajstić information content (AvgIpc) is 2.72. The zero-order valence-electron chi connectivity index (χ0n) is 14.0. The molecule has 0 amide bonds. The van der Waals surface area contributed by atoms with Gasteiger partial charge in [-0.05, 0) is 85.9 Å². The molecule has 0 spiro atoms. The van der Waals surface area contributed by atoms with Crippen molar-refractivity contribution in [2.24, 2.45) is 34.5 Å². The van der Waals surface area contributed by atoms with E-state index in [1.54, 1.807) is 0 Å². The molecule has 22 heavy (non-hydrogen) atoms. The van der Waals surface area contributed by atoms with E-state index in [9.17, 15) is 15.3 Å². The van der Waals surface area contributed by atoms with Crippen molar-refractivity contribution in [2.75, 3.05) is 0 Å². The number of aliphatic hydroxyl groups is 3. The summed E-state index contributed by atoms with van der Waals surface area (Å²) in [5, 5.41) is 30.8. The lowest BCUT2D eigenvalue weighted by molar-refractivity contribution is -0.135. The Hall–Kier alpha value is -0.120. The van der Waals surface area contributed by atoms with Crippen LogP contribution in [-0.4, -0.2) is 33.6 Å². The first-order chi connectivity index (χ1) is 10.4. The van der Waals surface area contributed by atoms with Crippen molar-refractivity contribution in [3.8, 4) is 0 Å². The molecular weight excluding hydrogens is 276 g/mol. The molecule has 3 N–H and O–H groups in total. The molecule has 0 heterocycles. The molecular formula is C19H32O3. The standard InChI is InChI=1S/C19H32O3/c1-18-7-5-12(20)9-11(18)3-4-13-14(18)6-8-19(2)15(13)10-16(21)17(19)22/h11-17,20-22H,3-10H2,1-2H3/t11?,12-,13-,14+,15+,16?,17-,18+,19+/m1/s1. The summed E-state index contributed by atoms with van der Waals surface area (Å²) in [7, 11) is 0. The number of fused-ring (bicyclic) bond motifs is 5. The van der Waals surface area contributed by atoms with E-state index in [2.05, 4.69) is 13.8 Å². The van der Waals surface area contributed by atoms with Gasteiger partial charge in [-0.2, -0.15) is 0 Å². The monoisotopic (exact) mass is 308 g/mol. The summed E-state index contributed by atoms with van der Waals surface area (Å²) < 4.78 is 0. The Labute approximate surface area is 134 Å². The zero-order chi connectivity index (χ0) is 15.7. The minimum absolute atomic E-state index is 0.0715. The molecule has 126 valence electrons. The topological polar surface area (TPSA) is 60.7 Å². The summed E-state index contributed by atoms with van der Waals surface area (Å²) in [5.74, 6) is 2.57. The van der Waals surface area contributed by atoms with Crippen LogP contribution in [0, 0.1) is 34.5 Å². The van der Waals surface area contributed by atoms with Crippen LogP contribution in [0.5, 0.6) is 0 Å². The van der Waals surface area contributed by atoms with Gasteiger partial charge in [0.2, 0.25) is 0 Å². The van der Waals surface area contributed by atoms with Crippen molar-refractivity contribution in [1.29, 1.82) is 0 Å². The molecule has 0 bridgehead atoms. The number of hydrogen-bond acceptors (Lipinski definition) is 3. The Balaban J connectivity index is 1.63. The summed E-state index contributed by atoms with van der Waals surface area (Å²) in [5.41, 5.74) is 0.305. The Morgan fingerprint density at radius 2 is 1.50 bits per heavy atom. The van der Waals surface area contributed by atoms with Gasteiger partial charge in [0.1, 0.15) is 0 Å². The van der Waals surface area contributed by atoms with E-state index in [0.29, 0.717) is 23.2 Å². The van der Waals surface area contributed by atoms with Crippen LogP contribution in [0.4, 0.5) is 0 Å². The summed E-state index contributed by atoms with van der Waals surface area (Å²) in [6.07, 6.45) is 7.49. The molecule has 3 heteroatoms. The van der Waals surface area contributed by atoms with Gasteiger partial charge in [-0.25, -0.2) is 0 Å². The van der Waals surface area contributed by atoms with Crippen LogP contribution < -0.4 is 0 Å². The van der Waals surface area contributed by atoms with Crippen LogP contribution >= 0.6 is 0 Å². The Morgan fingerprint density at radius 3 is 2.27 bits per heavy atom. The van der Waals surface area contributed by atoms with Crippen LogP contribution in [0.15, 0.2) is 0 Å². The highest BCUT2D eigenvalue weighted by Crippen LogP contribution is 2.66. The molecule has 3 nitrogen and oxygen atoms in total. The van der Waals surface area contributed by atoms with Gasteiger partial charge < -0.3 is 15.3 Å². The molecule has 0 saturated heterocycles. The zero-order valence-corrected chi connectivity index (χ0v) is 14.0. The van der Waals surface area contributed by atoms with E-state index in [1.165, 1.54) is 19.3 Å². The maximum Gasteiger partial charge on any atom is 0.0855 e. The van der Waals surface area contributed by atoms with Crippen molar-refractivity contribution in [3.63, 3.8) is 0 Å². The van der Waals surface area contributed by atoms with Crippen LogP contribution in [0.3, 0.4) is 0 Å². The predicted octanol–water partition coefficient (Wildman–Crippen LogP) is 2.72. The van der Waals surface area contributed by atoms with E-state index in [-0.39, 0.29) is 11.5 Å². The Kier molecular flexibility index (Phi) is 3.46. The van der Waals surface area contributed by atoms with Crippen molar-refractivity contribution < 1.29 is 15.3 Å². The van der Waals surface area contributed by atoms with Crippen molar-refractivity contribution >= 4 is 0 Å². The minimum Gasteiger partial charge on any atom is -0.393 e. The quantitative estimate of drug-likeness (QED) is 0.645. The van der Waals surface area contributed by atoms with Crippen molar-refractivity contribution in [3.05, 3.63) is 0 Å². The molecule has 4 saturated carbocycles. The molecule has 4 aliphatic rings. The highest BCUT2D eigenvalue weighted by molar-refractivity contribution is 5.11. The maximum atomic E-state index is 10.5. The highest BCUT2D eigenvalue weighted by Gasteiger charge is 2.61. The van der Waals surface area contributed by atoms with Gasteiger partial charge in [0.15, 0.2) is 0 Å². The van der Waals surface area contributed by atoms with Gasteiger partial charge in [0.05, 0.1) is 18.3 Å². The average molecular weight is 308 g/mol. The third kappa shape index (κ3) is 1.91. The first kappa shape index (κ1) is 15.4. The fourth-order valence-corrected chi connectivity index (χ4v) is 7.22. The SMILES string of the molecule is C[C@]12CC[C@H]3[C@@H](CCC4C[C@H](O)CC[C@@]43C)[C@@H]1CC(O)[C@H]2O. The van der Waals surface area contributed by atoms with Gasteiger partial charge in [0, 0.05) is 0 Å². The van der Waals surface area contributed by atoms with Crippen molar-refractivity contribution in [2.45, 2.75) is 83.5 Å². The molecule has 0 aliphatic heterocycles. The fourth-order valence-electron chi connectivity index (χ4n) is 7.22. The van der Waals surface area contributed by atoms with E-state index >= 15 is 0 Å². The van der Waals surface area contributed by atoms with Crippen molar-refractivity contribution in [1.82, 2.24) is 0 Å². The lowest BCUT2D eigenvalue weighted by atomic mass is 9.45. The molecule has 0 radical (unpaired) electrons. The van der Waals surface area contributed by atoms with E-state index in [1.807, 2.05) is 0 Å². The van der Waals surface area contributed by atoms with E-state index < -0.39 is 12.2 Å². The highest BCUT2D eigenvalue weighted by atomic mass is 16.3. The van der Waals surface area contributed by atoms with Gasteiger partial charge in [-0.15, -0.1) is 0 Å². The van der Waals surface area contributed by atoms with Crippen LogP contribution in [0.1, 0.15) is 65.2 Å². The van der Waals surface area contributed by atoms with Gasteiger partial charge >= 0.3 is 0 Å². The normalized spacial score (nSPS) is 61.2. The van der Waals surface area contributed by atoms with E-state index in [4.69, 9.17) is 0 Å². The first-order valence-electron chi connectivity index (χ1n) is 9.40. The summed E-state index contributed by atoms with van der Waals surface area (Å²) >= 11 is 0. The number of hydrogen-bond donors (Lipinski definition) is 3. The fraction of sp³-hybridized carbons (Fsp3) is 1.00. The third-order valence-corrected chi connectivity index (χ3v) is 8.61. The molecule has 2 unspecified atom stereocenters. The van der Waals surface area contributed by atoms with Gasteiger partial charge in [-0.1, -0.05) is 13.8 Å². The second-order valence-electron chi connectivity index (χ2n) is 9.38. The molecule has 4 aliphatic carbocycles. The molecule has 0 aromatic heterocycles. The predicted molar refractivity (Wildman–Crippen MR) is 85.1 cm³/mol. The minimum atomic E-state index is -0.530. The molecule has 0 aromatic rings. The maximum absolute atomic E-state index is 10.5. The second kappa shape index (κ2) is 4.94. The summed E-state index contributed by atoms with van der Waals surface area (Å²) in [6.45, 7) is 4.69. The lowest BCUT2D eigenvalue weighted by Crippen LogP contribution is -2.54. The molecule has 4 rings (SSSR count). The van der Waals surface area contributed by atoms with E-state index in [0.717, 1.165) is 38.0 Å². The largest absolute Gasteiger partial charge is 0.393 e. The Morgan fingerprint density at radius 1 is 0.773 bits per heavy atom. The van der Waals surface area contributed by atoms with Gasteiger partial charge in [0.25, 0.3) is 0 Å². The van der Waals surface area contributed by atoms with Crippen LogP contribution in [-0.2, 0) is 0 Å². The van der Waals surface area contributed by atoms with Crippen LogP contribution in [0.2, 0.25) is 0 Å². The van der Waals surface area contributed by atoms with Crippen LogP contribution in [0.25, 0.3) is 0 Å². The second-order valence-corrected chi connectivity index (χ2v) is 9.38. The summed E-state index contributed by atoms with van der Waals surface area (Å²) in [6, 6.07) is 0. The molecule has 0 aromatic carbocycles. The molecule has 9 atom stereocenters. The smallest absolute Gasteiger partial charge is 0.0855 e. The summed E-state index contributed by atoms with van der Waals surface area (Å²) in [4.78, 5) is 0. The first-order valence-corrected chi connectivity index (χ1v) is 9.40. The third-order valence-electron chi connectivity index (χ3n) is 8.61. The Bertz CT molecular complexity index is 452. The lowest BCUT2D eigenvalue weighted by Gasteiger charge is -2.60. The molecule has 4 fully saturated rings. The van der Waals surface area contributed by atoms with Gasteiger partial charge in [-0.3, -0.25) is 0 Å². The number of rotatable bonds is 0. The number of aliphatic hydroxyl groups excluding tert-OH is 3.